The molecule has 0 bridgehead atoms. The highest BCUT2D eigenvalue weighted by atomic mass is 15.1. The van der Waals surface area contributed by atoms with Gasteiger partial charge in [-0.1, -0.05) is 6.92 Å². The molecule has 1 saturated carbocycles. The van der Waals surface area contributed by atoms with Gasteiger partial charge in [0.1, 0.15) is 11.6 Å². The Morgan fingerprint density at radius 2 is 2.14 bits per heavy atom. The maximum atomic E-state index is 4.46. The number of hydrogen-bond donors (Lipinski definition) is 1. The quantitative estimate of drug-likeness (QED) is 0.796. The molecule has 1 fully saturated rings. The van der Waals surface area contributed by atoms with Crippen LogP contribution in [0.3, 0.4) is 0 Å². The zero-order valence-electron chi connectivity index (χ0n) is 9.09. The van der Waals surface area contributed by atoms with Crippen molar-refractivity contribution in [2.75, 3.05) is 5.32 Å². The zero-order chi connectivity index (χ0) is 10.2. The summed E-state index contributed by atoms with van der Waals surface area (Å²) in [5, 5.41) is 3.46. The number of nitrogens with zero attached hydrogens (tertiary/aromatic N) is 2. The average Bonchev–Trinajstić information content (AvgIpc) is 2.82. The molecular formula is C11H17N3. The molecule has 0 atom stereocenters. The van der Waals surface area contributed by atoms with Crippen LogP contribution >= 0.6 is 0 Å². The monoisotopic (exact) mass is 191 g/mol. The fraction of sp³-hybridized carbons (Fsp3) is 0.636. The van der Waals surface area contributed by atoms with Gasteiger partial charge >= 0.3 is 0 Å². The largest absolute Gasteiger partial charge is 0.365 e. The van der Waals surface area contributed by atoms with E-state index in [1.165, 1.54) is 12.8 Å². The molecule has 0 spiro atoms. The van der Waals surface area contributed by atoms with Crippen molar-refractivity contribution in [1.82, 2.24) is 9.97 Å². The van der Waals surface area contributed by atoms with Gasteiger partial charge in [0.15, 0.2) is 0 Å². The summed E-state index contributed by atoms with van der Waals surface area (Å²) in [6, 6.07) is 2.02. The number of rotatable bonds is 3. The molecule has 1 aliphatic carbocycles. The maximum absolute atomic E-state index is 4.46. The van der Waals surface area contributed by atoms with Gasteiger partial charge in [0.25, 0.3) is 0 Å². The number of nitrogens with one attached hydrogen (secondary N) is 1. The molecule has 0 aliphatic heterocycles. The van der Waals surface area contributed by atoms with Gasteiger partial charge in [0.05, 0.1) is 0 Å². The normalized spacial score (nSPS) is 17.9. The van der Waals surface area contributed by atoms with Crippen LogP contribution in [0.2, 0.25) is 0 Å². The second kappa shape index (κ2) is 3.23. The predicted octanol–water partition coefficient (Wildman–Crippen LogP) is 2.31. The predicted molar refractivity (Wildman–Crippen MR) is 57.4 cm³/mol. The fourth-order valence-electron chi connectivity index (χ4n) is 1.47. The summed E-state index contributed by atoms with van der Waals surface area (Å²) in [4.78, 5) is 8.81. The standard InChI is InChI=1S/C11H17N3/c1-4-9-12-8(2)7-10(13-9)14-11(3)5-6-11/h7H,4-6H2,1-3H3,(H,12,13,14). The van der Waals surface area contributed by atoms with Crippen molar-refractivity contribution < 1.29 is 0 Å². The molecule has 1 N–H and O–H groups in total. The Balaban J connectivity index is 2.20. The van der Waals surface area contributed by atoms with Crippen molar-refractivity contribution in [2.24, 2.45) is 0 Å². The molecule has 1 aliphatic rings. The molecular weight excluding hydrogens is 174 g/mol. The highest BCUT2D eigenvalue weighted by Gasteiger charge is 2.37. The molecule has 14 heavy (non-hydrogen) atoms. The number of anilines is 1. The van der Waals surface area contributed by atoms with E-state index in [0.717, 1.165) is 23.8 Å². The molecule has 0 radical (unpaired) electrons. The van der Waals surface area contributed by atoms with Crippen molar-refractivity contribution in [2.45, 2.75) is 45.6 Å². The molecule has 3 heteroatoms. The average molecular weight is 191 g/mol. The van der Waals surface area contributed by atoms with Crippen LogP contribution in [0.25, 0.3) is 0 Å². The molecule has 0 unspecified atom stereocenters. The minimum absolute atomic E-state index is 0.297. The molecule has 1 aromatic heterocycles. The summed E-state index contributed by atoms with van der Waals surface area (Å²) in [5.41, 5.74) is 1.34. The van der Waals surface area contributed by atoms with Crippen LogP contribution in [0.4, 0.5) is 5.82 Å². The molecule has 76 valence electrons. The zero-order valence-corrected chi connectivity index (χ0v) is 9.09. The summed E-state index contributed by atoms with van der Waals surface area (Å²) in [7, 11) is 0. The minimum Gasteiger partial charge on any atom is -0.365 e. The first-order chi connectivity index (χ1) is 6.61. The number of aryl methyl sites for hydroxylation is 2. The van der Waals surface area contributed by atoms with Crippen LogP contribution < -0.4 is 5.32 Å². The lowest BCUT2D eigenvalue weighted by atomic mass is 10.3. The molecule has 0 amide bonds. The van der Waals surface area contributed by atoms with Crippen molar-refractivity contribution in [3.8, 4) is 0 Å². The second-order valence-corrected chi connectivity index (χ2v) is 4.35. The van der Waals surface area contributed by atoms with Crippen LogP contribution in [0.15, 0.2) is 6.07 Å². The van der Waals surface area contributed by atoms with Crippen LogP contribution in [-0.2, 0) is 6.42 Å². The van der Waals surface area contributed by atoms with Gasteiger partial charge in [-0.15, -0.1) is 0 Å². The summed E-state index contributed by atoms with van der Waals surface area (Å²) in [6.45, 7) is 6.33. The Hall–Kier alpha value is -1.12. The Morgan fingerprint density at radius 3 is 2.71 bits per heavy atom. The summed E-state index contributed by atoms with van der Waals surface area (Å²) in [6.07, 6.45) is 3.39. The van der Waals surface area contributed by atoms with Crippen LogP contribution in [0, 0.1) is 6.92 Å². The molecule has 0 aromatic carbocycles. The Bertz CT molecular complexity index is 342. The third kappa shape index (κ3) is 2.03. The Morgan fingerprint density at radius 1 is 1.43 bits per heavy atom. The second-order valence-electron chi connectivity index (χ2n) is 4.35. The Kier molecular flexibility index (Phi) is 2.17. The minimum atomic E-state index is 0.297. The third-order valence-electron chi connectivity index (χ3n) is 2.65. The van der Waals surface area contributed by atoms with Gasteiger partial charge in [0, 0.05) is 23.7 Å². The van der Waals surface area contributed by atoms with Crippen LogP contribution in [-0.4, -0.2) is 15.5 Å². The fourth-order valence-corrected chi connectivity index (χ4v) is 1.47. The lowest BCUT2D eigenvalue weighted by molar-refractivity contribution is 0.808. The summed E-state index contributed by atoms with van der Waals surface area (Å²) >= 11 is 0. The maximum Gasteiger partial charge on any atom is 0.130 e. The SMILES string of the molecule is CCc1nc(C)cc(NC2(C)CC2)n1. The third-order valence-corrected chi connectivity index (χ3v) is 2.65. The lowest BCUT2D eigenvalue weighted by Crippen LogP contribution is -2.17. The summed E-state index contributed by atoms with van der Waals surface area (Å²) < 4.78 is 0. The van der Waals surface area contributed by atoms with E-state index in [9.17, 15) is 0 Å². The first-order valence-electron chi connectivity index (χ1n) is 5.24. The Labute approximate surface area is 85.0 Å². The molecule has 0 saturated heterocycles. The molecule has 2 rings (SSSR count). The number of hydrogen-bond acceptors (Lipinski definition) is 3. The highest BCUT2D eigenvalue weighted by Crippen LogP contribution is 2.37. The van der Waals surface area contributed by atoms with Crippen molar-refractivity contribution in [3.05, 3.63) is 17.6 Å². The van der Waals surface area contributed by atoms with Crippen molar-refractivity contribution in [1.29, 1.82) is 0 Å². The van der Waals surface area contributed by atoms with Crippen molar-refractivity contribution in [3.63, 3.8) is 0 Å². The van der Waals surface area contributed by atoms with E-state index in [1.807, 2.05) is 13.0 Å². The van der Waals surface area contributed by atoms with Gasteiger partial charge in [-0.25, -0.2) is 9.97 Å². The van der Waals surface area contributed by atoms with Gasteiger partial charge < -0.3 is 5.32 Å². The van der Waals surface area contributed by atoms with E-state index in [1.54, 1.807) is 0 Å². The van der Waals surface area contributed by atoms with E-state index in [-0.39, 0.29) is 0 Å². The number of aromatic nitrogens is 2. The van der Waals surface area contributed by atoms with E-state index >= 15 is 0 Å². The van der Waals surface area contributed by atoms with Crippen molar-refractivity contribution >= 4 is 5.82 Å². The first kappa shape index (κ1) is 9.44. The topological polar surface area (TPSA) is 37.8 Å². The van der Waals surface area contributed by atoms with Gasteiger partial charge in [-0.3, -0.25) is 0 Å². The van der Waals surface area contributed by atoms with Gasteiger partial charge in [0.2, 0.25) is 0 Å². The molecule has 1 heterocycles. The molecule has 3 nitrogen and oxygen atoms in total. The van der Waals surface area contributed by atoms with E-state index < -0.39 is 0 Å². The highest BCUT2D eigenvalue weighted by molar-refractivity contribution is 5.41. The van der Waals surface area contributed by atoms with E-state index in [4.69, 9.17) is 0 Å². The van der Waals surface area contributed by atoms with E-state index in [2.05, 4.69) is 29.1 Å². The first-order valence-corrected chi connectivity index (χ1v) is 5.24. The summed E-state index contributed by atoms with van der Waals surface area (Å²) in [5.74, 6) is 1.91. The van der Waals surface area contributed by atoms with Gasteiger partial charge in [-0.2, -0.15) is 0 Å². The molecule has 1 aromatic rings. The lowest BCUT2D eigenvalue weighted by Gasteiger charge is -2.13. The van der Waals surface area contributed by atoms with Crippen LogP contribution in [0.1, 0.15) is 38.2 Å². The van der Waals surface area contributed by atoms with Crippen LogP contribution in [0.5, 0.6) is 0 Å². The van der Waals surface area contributed by atoms with Gasteiger partial charge in [-0.05, 0) is 26.7 Å². The van der Waals surface area contributed by atoms with E-state index in [0.29, 0.717) is 5.54 Å². The smallest absolute Gasteiger partial charge is 0.130 e.